The van der Waals surface area contributed by atoms with Crippen LogP contribution in [0.15, 0.2) is 28.0 Å². The highest BCUT2D eigenvalue weighted by Crippen LogP contribution is 2.31. The molecule has 0 spiro atoms. The fourth-order valence-electron chi connectivity index (χ4n) is 3.98. The van der Waals surface area contributed by atoms with E-state index in [4.69, 9.17) is 21.1 Å². The van der Waals surface area contributed by atoms with Crippen molar-refractivity contribution in [1.29, 1.82) is 0 Å². The van der Waals surface area contributed by atoms with Crippen molar-refractivity contribution in [3.8, 4) is 5.75 Å². The Hall–Kier alpha value is -2.03. The number of carbonyl (C=O) groups excluding carboxylic acids is 1. The Morgan fingerprint density at radius 3 is 3.03 bits per heavy atom. The van der Waals surface area contributed by atoms with Crippen LogP contribution in [-0.2, 0) is 28.9 Å². The summed E-state index contributed by atoms with van der Waals surface area (Å²) in [6.45, 7) is 1.32. The third-order valence-electron chi connectivity index (χ3n) is 5.39. The number of nitrogens with one attached hydrogen (secondary N) is 1. The predicted molar refractivity (Wildman–Crippen MR) is 117 cm³/mol. The van der Waals surface area contributed by atoms with Crippen molar-refractivity contribution in [2.75, 3.05) is 24.8 Å². The van der Waals surface area contributed by atoms with E-state index in [9.17, 15) is 9.59 Å². The zero-order chi connectivity index (χ0) is 21.1. The van der Waals surface area contributed by atoms with E-state index in [-0.39, 0.29) is 23.5 Å². The van der Waals surface area contributed by atoms with Gasteiger partial charge in [-0.3, -0.25) is 9.36 Å². The zero-order valence-corrected chi connectivity index (χ0v) is 18.4. The molecule has 2 aromatic rings. The number of fused-ring (bicyclic) bond motifs is 1. The van der Waals surface area contributed by atoms with Gasteiger partial charge in [-0.05, 0) is 50.3 Å². The molecule has 1 amide bonds. The lowest BCUT2D eigenvalue weighted by molar-refractivity contribution is -0.113. The number of rotatable bonds is 7. The van der Waals surface area contributed by atoms with E-state index >= 15 is 0 Å². The molecule has 1 saturated heterocycles. The fourth-order valence-corrected chi connectivity index (χ4v) is 5.03. The maximum atomic E-state index is 12.7. The molecule has 0 saturated carbocycles. The van der Waals surface area contributed by atoms with Crippen molar-refractivity contribution >= 4 is 35.0 Å². The number of benzene rings is 1. The van der Waals surface area contributed by atoms with Crippen LogP contribution in [0.3, 0.4) is 0 Å². The van der Waals surface area contributed by atoms with Gasteiger partial charge in [0, 0.05) is 22.9 Å². The molecule has 30 heavy (non-hydrogen) atoms. The van der Waals surface area contributed by atoms with E-state index in [1.165, 1.54) is 18.9 Å². The van der Waals surface area contributed by atoms with Crippen molar-refractivity contribution in [1.82, 2.24) is 9.55 Å². The number of hydrogen-bond donors (Lipinski definition) is 1. The smallest absolute Gasteiger partial charge is 0.348 e. The average molecular weight is 450 g/mol. The minimum absolute atomic E-state index is 0.0890. The second-order valence-corrected chi connectivity index (χ2v) is 8.81. The lowest BCUT2D eigenvalue weighted by Crippen LogP contribution is -2.31. The molecule has 9 heteroatoms. The SMILES string of the molecule is COc1ccc(Cl)cc1NC(=O)CSc1nc(=O)n(CC2CCCO2)c2c1CCC2. The number of carbonyl (C=O) groups is 1. The molecule has 0 radical (unpaired) electrons. The molecule has 1 atom stereocenters. The Labute approximate surface area is 184 Å². The van der Waals surface area contributed by atoms with E-state index in [2.05, 4.69) is 10.3 Å². The van der Waals surface area contributed by atoms with Crippen LogP contribution in [0.2, 0.25) is 5.02 Å². The van der Waals surface area contributed by atoms with E-state index in [0.717, 1.165) is 50.0 Å². The highest BCUT2D eigenvalue weighted by Gasteiger charge is 2.25. The number of aromatic nitrogens is 2. The summed E-state index contributed by atoms with van der Waals surface area (Å²) in [7, 11) is 1.53. The topological polar surface area (TPSA) is 82.5 Å². The van der Waals surface area contributed by atoms with Gasteiger partial charge in [0.1, 0.15) is 10.8 Å². The van der Waals surface area contributed by atoms with Gasteiger partial charge in [0.05, 0.1) is 31.2 Å². The van der Waals surface area contributed by atoms with Crippen LogP contribution >= 0.6 is 23.4 Å². The van der Waals surface area contributed by atoms with Gasteiger partial charge in [0.2, 0.25) is 5.91 Å². The highest BCUT2D eigenvalue weighted by atomic mass is 35.5. The van der Waals surface area contributed by atoms with Crippen LogP contribution < -0.4 is 15.7 Å². The number of nitrogens with zero attached hydrogens (tertiary/aromatic N) is 2. The molecule has 160 valence electrons. The van der Waals surface area contributed by atoms with Crippen molar-refractivity contribution < 1.29 is 14.3 Å². The normalized spacial score (nSPS) is 17.7. The molecule has 1 N–H and O–H groups in total. The van der Waals surface area contributed by atoms with Crippen LogP contribution in [0.1, 0.15) is 30.5 Å². The number of anilines is 1. The van der Waals surface area contributed by atoms with Gasteiger partial charge in [0.25, 0.3) is 0 Å². The molecule has 1 aromatic carbocycles. The molecule has 0 bridgehead atoms. The molecule has 7 nitrogen and oxygen atoms in total. The molecule has 2 aliphatic rings. The van der Waals surface area contributed by atoms with Gasteiger partial charge < -0.3 is 14.8 Å². The first-order valence-corrected chi connectivity index (χ1v) is 11.4. The number of thioether (sulfide) groups is 1. The number of methoxy groups -OCH3 is 1. The molecule has 1 aliphatic carbocycles. The molecule has 1 aromatic heterocycles. The first-order valence-electron chi connectivity index (χ1n) is 10.1. The molecular formula is C21H24ClN3O4S. The van der Waals surface area contributed by atoms with Crippen LogP contribution in [-0.4, -0.2) is 41.0 Å². The molecule has 1 aliphatic heterocycles. The van der Waals surface area contributed by atoms with Crippen LogP contribution in [0.25, 0.3) is 0 Å². The zero-order valence-electron chi connectivity index (χ0n) is 16.8. The summed E-state index contributed by atoms with van der Waals surface area (Å²) >= 11 is 7.31. The summed E-state index contributed by atoms with van der Waals surface area (Å²) in [6.07, 6.45) is 4.83. The first-order chi connectivity index (χ1) is 14.5. The van der Waals surface area contributed by atoms with Gasteiger partial charge in [-0.25, -0.2) is 4.79 Å². The van der Waals surface area contributed by atoms with Crippen molar-refractivity contribution in [2.24, 2.45) is 0 Å². The monoisotopic (exact) mass is 449 g/mol. The van der Waals surface area contributed by atoms with Crippen molar-refractivity contribution in [2.45, 2.75) is 49.8 Å². The Morgan fingerprint density at radius 2 is 2.27 bits per heavy atom. The minimum Gasteiger partial charge on any atom is -0.495 e. The third-order valence-corrected chi connectivity index (χ3v) is 6.64. The fraction of sp³-hybridized carbons (Fsp3) is 0.476. The summed E-state index contributed by atoms with van der Waals surface area (Å²) in [5.41, 5.74) is 2.39. The van der Waals surface area contributed by atoms with Gasteiger partial charge >= 0.3 is 5.69 Å². The highest BCUT2D eigenvalue weighted by molar-refractivity contribution is 8.00. The molecule has 1 fully saturated rings. The maximum Gasteiger partial charge on any atom is 0.348 e. The number of ether oxygens (including phenoxy) is 2. The molecule has 4 rings (SSSR count). The number of halogens is 1. The van der Waals surface area contributed by atoms with Crippen LogP contribution in [0.4, 0.5) is 5.69 Å². The number of amides is 1. The second-order valence-electron chi connectivity index (χ2n) is 7.41. The molecule has 1 unspecified atom stereocenters. The largest absolute Gasteiger partial charge is 0.495 e. The van der Waals surface area contributed by atoms with Crippen molar-refractivity contribution in [3.63, 3.8) is 0 Å². The number of hydrogen-bond acceptors (Lipinski definition) is 6. The van der Waals surface area contributed by atoms with Crippen molar-refractivity contribution in [3.05, 3.63) is 45.0 Å². The van der Waals surface area contributed by atoms with Gasteiger partial charge in [-0.1, -0.05) is 23.4 Å². The predicted octanol–water partition coefficient (Wildman–Crippen LogP) is 3.30. The average Bonchev–Trinajstić information content (AvgIpc) is 3.41. The quantitative estimate of drug-likeness (QED) is 0.516. The Balaban J connectivity index is 1.47. The molecular weight excluding hydrogens is 426 g/mol. The Morgan fingerprint density at radius 1 is 1.40 bits per heavy atom. The van der Waals surface area contributed by atoms with Crippen LogP contribution in [0, 0.1) is 0 Å². The van der Waals surface area contributed by atoms with Gasteiger partial charge in [-0.15, -0.1) is 0 Å². The summed E-state index contributed by atoms with van der Waals surface area (Å²) < 4.78 is 12.7. The summed E-state index contributed by atoms with van der Waals surface area (Å²) in [5, 5.41) is 3.98. The van der Waals surface area contributed by atoms with E-state index in [1.807, 2.05) is 0 Å². The van der Waals surface area contributed by atoms with E-state index in [0.29, 0.717) is 28.0 Å². The van der Waals surface area contributed by atoms with E-state index in [1.54, 1.807) is 22.8 Å². The van der Waals surface area contributed by atoms with E-state index < -0.39 is 0 Å². The lowest BCUT2D eigenvalue weighted by Gasteiger charge is -2.17. The van der Waals surface area contributed by atoms with Gasteiger partial charge in [-0.2, -0.15) is 4.98 Å². The first kappa shape index (κ1) is 21.2. The Bertz CT molecular complexity index is 1000. The summed E-state index contributed by atoms with van der Waals surface area (Å²) in [6, 6.07) is 5.04. The summed E-state index contributed by atoms with van der Waals surface area (Å²) in [5.74, 6) is 0.468. The van der Waals surface area contributed by atoms with Crippen LogP contribution in [0.5, 0.6) is 5.75 Å². The molecule has 2 heterocycles. The Kier molecular flexibility index (Phi) is 6.65. The maximum absolute atomic E-state index is 12.7. The second kappa shape index (κ2) is 9.41. The standard InChI is InChI=1S/C21H24ClN3O4S/c1-28-18-8-7-13(22)10-16(18)23-19(26)12-30-20-15-5-2-6-17(15)25(21(27)24-20)11-14-4-3-9-29-14/h7-8,10,14H,2-6,9,11-12H2,1H3,(H,23,26). The van der Waals surface area contributed by atoms with Gasteiger partial charge in [0.15, 0.2) is 0 Å². The third kappa shape index (κ3) is 4.66. The lowest BCUT2D eigenvalue weighted by atomic mass is 10.2. The minimum atomic E-state index is -0.259. The summed E-state index contributed by atoms with van der Waals surface area (Å²) in [4.78, 5) is 29.5.